The van der Waals surface area contributed by atoms with Crippen molar-refractivity contribution in [3.05, 3.63) is 23.4 Å². The smallest absolute Gasteiger partial charge is 0.213 e. The number of nitrogens with two attached hydrogens (primary N) is 1. The molecule has 0 aromatic carbocycles. The van der Waals surface area contributed by atoms with Gasteiger partial charge in [0.2, 0.25) is 5.88 Å². The zero-order valence-corrected chi connectivity index (χ0v) is 13.6. The van der Waals surface area contributed by atoms with Gasteiger partial charge in [-0.1, -0.05) is 20.8 Å². The minimum Gasteiger partial charge on any atom is -0.475 e. The first kappa shape index (κ1) is 16.9. The van der Waals surface area contributed by atoms with Crippen molar-refractivity contribution in [3.8, 4) is 5.88 Å². The first-order valence-electron chi connectivity index (χ1n) is 7.10. The van der Waals surface area contributed by atoms with Gasteiger partial charge < -0.3 is 15.2 Å². The van der Waals surface area contributed by atoms with Gasteiger partial charge in [0, 0.05) is 18.0 Å². The number of pyridine rings is 1. The van der Waals surface area contributed by atoms with Crippen LogP contribution < -0.4 is 10.5 Å². The molecule has 0 atom stereocenters. The second kappa shape index (κ2) is 6.55. The number of ether oxygens (including phenoxy) is 2. The van der Waals surface area contributed by atoms with Gasteiger partial charge in [-0.25, -0.2) is 4.98 Å². The molecule has 1 aromatic rings. The second-order valence-electron chi connectivity index (χ2n) is 6.96. The molecule has 0 aliphatic rings. The maximum absolute atomic E-state index is 5.73. The monoisotopic (exact) mass is 280 g/mol. The Kier molecular flexibility index (Phi) is 5.54. The van der Waals surface area contributed by atoms with E-state index in [9.17, 15) is 0 Å². The fourth-order valence-corrected chi connectivity index (χ4v) is 1.63. The number of hydrogen-bond acceptors (Lipinski definition) is 4. The largest absolute Gasteiger partial charge is 0.475 e. The van der Waals surface area contributed by atoms with Crippen LogP contribution in [0.2, 0.25) is 0 Å². The topological polar surface area (TPSA) is 57.4 Å². The summed E-state index contributed by atoms with van der Waals surface area (Å²) in [4.78, 5) is 4.55. The summed E-state index contributed by atoms with van der Waals surface area (Å²) >= 11 is 0. The van der Waals surface area contributed by atoms with E-state index in [0.29, 0.717) is 25.6 Å². The fourth-order valence-electron chi connectivity index (χ4n) is 1.63. The molecule has 0 saturated heterocycles. The fraction of sp³-hybridized carbons (Fsp3) is 0.688. The van der Waals surface area contributed by atoms with E-state index in [1.165, 1.54) is 0 Å². The molecule has 0 radical (unpaired) electrons. The van der Waals surface area contributed by atoms with Crippen LogP contribution in [0, 0.1) is 0 Å². The van der Waals surface area contributed by atoms with Crippen molar-refractivity contribution in [2.75, 3.05) is 13.2 Å². The highest BCUT2D eigenvalue weighted by Gasteiger charge is 2.17. The van der Waals surface area contributed by atoms with Gasteiger partial charge in [-0.15, -0.1) is 0 Å². The number of nitrogens with zero attached hydrogens (tertiary/aromatic N) is 1. The van der Waals surface area contributed by atoms with Crippen molar-refractivity contribution in [3.63, 3.8) is 0 Å². The first-order valence-corrected chi connectivity index (χ1v) is 7.10. The Morgan fingerprint density at radius 2 is 1.70 bits per heavy atom. The van der Waals surface area contributed by atoms with Crippen LogP contribution >= 0.6 is 0 Å². The second-order valence-corrected chi connectivity index (χ2v) is 6.96. The molecule has 20 heavy (non-hydrogen) atoms. The molecule has 114 valence electrons. The maximum atomic E-state index is 5.73. The molecule has 0 bridgehead atoms. The van der Waals surface area contributed by atoms with E-state index in [1.807, 2.05) is 32.9 Å². The van der Waals surface area contributed by atoms with Crippen LogP contribution in [0.4, 0.5) is 0 Å². The SMILES string of the molecule is CC(C)(C)OCCOc1cc(CN)cc(C(C)(C)C)n1. The van der Waals surface area contributed by atoms with Crippen molar-refractivity contribution >= 4 is 0 Å². The van der Waals surface area contributed by atoms with E-state index < -0.39 is 0 Å². The van der Waals surface area contributed by atoms with E-state index >= 15 is 0 Å². The molecule has 2 N–H and O–H groups in total. The third kappa shape index (κ3) is 5.88. The highest BCUT2D eigenvalue weighted by molar-refractivity contribution is 5.28. The molecule has 0 fully saturated rings. The third-order valence-electron chi connectivity index (χ3n) is 2.73. The highest BCUT2D eigenvalue weighted by Crippen LogP contribution is 2.24. The molecular formula is C16H28N2O2. The van der Waals surface area contributed by atoms with Gasteiger partial charge in [-0.05, 0) is 32.4 Å². The summed E-state index contributed by atoms with van der Waals surface area (Å²) < 4.78 is 11.3. The van der Waals surface area contributed by atoms with Gasteiger partial charge >= 0.3 is 0 Å². The lowest BCUT2D eigenvalue weighted by molar-refractivity contribution is -0.0168. The van der Waals surface area contributed by atoms with Crippen molar-refractivity contribution in [1.29, 1.82) is 0 Å². The Labute approximate surface area is 122 Å². The summed E-state index contributed by atoms with van der Waals surface area (Å²) in [5.74, 6) is 0.621. The Bertz CT molecular complexity index is 431. The van der Waals surface area contributed by atoms with E-state index in [4.69, 9.17) is 15.2 Å². The standard InChI is InChI=1S/C16H28N2O2/c1-15(2,3)13-9-12(11-17)10-14(18-13)19-7-8-20-16(4,5)6/h9-10H,7-8,11,17H2,1-6H3. The highest BCUT2D eigenvalue weighted by atomic mass is 16.5. The molecule has 0 amide bonds. The number of hydrogen-bond donors (Lipinski definition) is 1. The summed E-state index contributed by atoms with van der Waals surface area (Å²) in [7, 11) is 0. The molecular weight excluding hydrogens is 252 g/mol. The molecule has 0 spiro atoms. The maximum Gasteiger partial charge on any atom is 0.213 e. The molecule has 0 aliphatic carbocycles. The van der Waals surface area contributed by atoms with Crippen LogP contribution in [0.5, 0.6) is 5.88 Å². The van der Waals surface area contributed by atoms with Crippen molar-refractivity contribution in [2.45, 2.75) is 59.1 Å². The Morgan fingerprint density at radius 1 is 1.05 bits per heavy atom. The predicted octanol–water partition coefficient (Wildman–Crippen LogP) is 3.03. The lowest BCUT2D eigenvalue weighted by atomic mass is 9.91. The van der Waals surface area contributed by atoms with Gasteiger partial charge in [-0.3, -0.25) is 0 Å². The molecule has 1 aromatic heterocycles. The Hall–Kier alpha value is -1.13. The zero-order chi connectivity index (χ0) is 15.4. The van der Waals surface area contributed by atoms with Crippen molar-refractivity contribution < 1.29 is 9.47 Å². The van der Waals surface area contributed by atoms with E-state index in [2.05, 4.69) is 25.8 Å². The zero-order valence-electron chi connectivity index (χ0n) is 13.6. The van der Waals surface area contributed by atoms with Crippen LogP contribution in [0.1, 0.15) is 52.8 Å². The molecule has 1 rings (SSSR count). The van der Waals surface area contributed by atoms with Gasteiger partial charge in [0.05, 0.1) is 17.9 Å². The van der Waals surface area contributed by atoms with Crippen LogP contribution in [-0.4, -0.2) is 23.8 Å². The average Bonchev–Trinajstić information content (AvgIpc) is 2.32. The van der Waals surface area contributed by atoms with Crippen LogP contribution in [-0.2, 0) is 16.7 Å². The molecule has 0 saturated carbocycles. The van der Waals surface area contributed by atoms with Crippen molar-refractivity contribution in [2.24, 2.45) is 5.73 Å². The molecule has 4 heteroatoms. The summed E-state index contributed by atoms with van der Waals surface area (Å²) in [6.45, 7) is 14.0. The summed E-state index contributed by atoms with van der Waals surface area (Å²) in [6.07, 6.45) is 0. The van der Waals surface area contributed by atoms with E-state index in [-0.39, 0.29) is 11.0 Å². The summed E-state index contributed by atoms with van der Waals surface area (Å²) in [5, 5.41) is 0. The van der Waals surface area contributed by atoms with Gasteiger partial charge in [0.15, 0.2) is 0 Å². The first-order chi connectivity index (χ1) is 9.12. The lowest BCUT2D eigenvalue weighted by Gasteiger charge is -2.21. The lowest BCUT2D eigenvalue weighted by Crippen LogP contribution is -2.23. The minimum atomic E-state index is -0.146. The normalized spacial score (nSPS) is 12.6. The quantitative estimate of drug-likeness (QED) is 0.842. The van der Waals surface area contributed by atoms with Gasteiger partial charge in [-0.2, -0.15) is 0 Å². The molecule has 0 aliphatic heterocycles. The van der Waals surface area contributed by atoms with Crippen LogP contribution in [0.15, 0.2) is 12.1 Å². The van der Waals surface area contributed by atoms with Gasteiger partial charge in [0.25, 0.3) is 0 Å². The van der Waals surface area contributed by atoms with Crippen molar-refractivity contribution in [1.82, 2.24) is 4.98 Å². The summed E-state index contributed by atoms with van der Waals surface area (Å²) in [5.41, 5.74) is 7.60. The van der Waals surface area contributed by atoms with E-state index in [0.717, 1.165) is 11.3 Å². The minimum absolute atomic E-state index is 0.0226. The molecule has 0 unspecified atom stereocenters. The van der Waals surface area contributed by atoms with E-state index in [1.54, 1.807) is 0 Å². The Balaban J connectivity index is 2.70. The molecule has 4 nitrogen and oxygen atoms in total. The van der Waals surface area contributed by atoms with Crippen LogP contribution in [0.25, 0.3) is 0 Å². The Morgan fingerprint density at radius 3 is 2.20 bits per heavy atom. The third-order valence-corrected chi connectivity index (χ3v) is 2.73. The predicted molar refractivity (Wildman–Crippen MR) is 82.0 cm³/mol. The summed E-state index contributed by atoms with van der Waals surface area (Å²) in [6, 6.07) is 3.94. The number of rotatable bonds is 5. The average molecular weight is 280 g/mol. The number of aromatic nitrogens is 1. The van der Waals surface area contributed by atoms with Gasteiger partial charge in [0.1, 0.15) is 6.61 Å². The molecule has 1 heterocycles. The van der Waals surface area contributed by atoms with Crippen LogP contribution in [0.3, 0.4) is 0 Å².